The maximum absolute atomic E-state index is 14.3. The Hall–Kier alpha value is -5.93. The van der Waals surface area contributed by atoms with Crippen LogP contribution in [0.2, 0.25) is 0 Å². The fourth-order valence-electron chi connectivity index (χ4n) is 5.48. The molecule has 0 radical (unpaired) electrons. The molecule has 0 spiro atoms. The van der Waals surface area contributed by atoms with Crippen molar-refractivity contribution in [1.82, 2.24) is 14.5 Å². The average Bonchev–Trinajstić information content (AvgIpc) is 3.61. The zero-order chi connectivity index (χ0) is 34.8. The highest BCUT2D eigenvalue weighted by atomic mass is 32.2. The van der Waals surface area contributed by atoms with Gasteiger partial charge in [0.25, 0.3) is 15.9 Å². The van der Waals surface area contributed by atoms with Gasteiger partial charge in [-0.25, -0.2) is 17.9 Å². The van der Waals surface area contributed by atoms with E-state index in [1.54, 1.807) is 0 Å². The zero-order valence-corrected chi connectivity index (χ0v) is 25.7. The van der Waals surface area contributed by atoms with Gasteiger partial charge in [0.05, 0.1) is 52.1 Å². The minimum absolute atomic E-state index is 0.0179. The molecule has 0 fully saturated rings. The van der Waals surface area contributed by atoms with E-state index in [1.165, 1.54) is 67.8 Å². The molecule has 2 aromatic carbocycles. The predicted molar refractivity (Wildman–Crippen MR) is 162 cm³/mol. The molecule has 0 saturated carbocycles. The summed E-state index contributed by atoms with van der Waals surface area (Å²) in [5, 5.41) is 18.4. The van der Waals surface area contributed by atoms with Crippen LogP contribution in [0.1, 0.15) is 46.6 Å². The maximum Gasteiger partial charge on any atom is 0.416 e. The largest absolute Gasteiger partial charge is 0.461 e. The van der Waals surface area contributed by atoms with Crippen LogP contribution in [-0.2, 0) is 14.8 Å². The molecule has 2 heterocycles. The summed E-state index contributed by atoms with van der Waals surface area (Å²) in [4.78, 5) is 43.3. The second-order valence-corrected chi connectivity index (χ2v) is 12.4. The number of hydrogen-bond donors (Lipinski definition) is 1. The lowest BCUT2D eigenvalue weighted by atomic mass is 9.88. The number of ketones is 1. The van der Waals surface area contributed by atoms with Crippen molar-refractivity contribution in [3.8, 4) is 12.1 Å². The Bertz CT molecular complexity index is 2050. The lowest BCUT2D eigenvalue weighted by molar-refractivity contribution is -0.120. The molecule has 3 amide bonds. The summed E-state index contributed by atoms with van der Waals surface area (Å²) in [6.07, 6.45) is -0.642. The zero-order valence-electron chi connectivity index (χ0n) is 24.9. The molecule has 2 aliphatic rings. The summed E-state index contributed by atoms with van der Waals surface area (Å²) in [6, 6.07) is 13.4. The third-order valence-electron chi connectivity index (χ3n) is 7.69. The number of hydrogen-bond acceptors (Lipinski definition) is 8. The summed E-state index contributed by atoms with van der Waals surface area (Å²) >= 11 is 0. The lowest BCUT2D eigenvalue weighted by Gasteiger charge is -2.45. The Kier molecular flexibility index (Phi) is 9.09. The van der Waals surface area contributed by atoms with Gasteiger partial charge in [0, 0.05) is 11.3 Å². The molecule has 1 aliphatic heterocycles. The van der Waals surface area contributed by atoms with Crippen LogP contribution < -0.4 is 4.72 Å². The molecular weight excluding hydrogens is 651 g/mol. The highest BCUT2D eigenvalue weighted by Crippen LogP contribution is 2.41. The van der Waals surface area contributed by atoms with Crippen molar-refractivity contribution in [2.24, 2.45) is 0 Å². The van der Waals surface area contributed by atoms with E-state index in [-0.39, 0.29) is 45.0 Å². The summed E-state index contributed by atoms with van der Waals surface area (Å²) in [5.74, 6) is -2.11. The maximum atomic E-state index is 14.3. The number of carbonyl (C=O) groups excluding carboxylic acids is 3. The van der Waals surface area contributed by atoms with Gasteiger partial charge in [0.1, 0.15) is 6.54 Å². The first-order valence-corrected chi connectivity index (χ1v) is 15.6. The van der Waals surface area contributed by atoms with Gasteiger partial charge in [-0.2, -0.15) is 23.7 Å². The number of Topliss-reactive ketones (excluding diaryl/α,β-unsaturated/α-hetero) is 1. The number of nitrogens with one attached hydrogen (secondary N) is 1. The fraction of sp³-hybridized carbons (Fsp3) is 0.182. The number of furan rings is 1. The summed E-state index contributed by atoms with van der Waals surface area (Å²) in [5.41, 5.74) is -0.525. The van der Waals surface area contributed by atoms with Crippen molar-refractivity contribution in [2.75, 3.05) is 6.54 Å². The van der Waals surface area contributed by atoms with Crippen molar-refractivity contribution in [3.05, 3.63) is 124 Å². The van der Waals surface area contributed by atoms with Crippen molar-refractivity contribution in [1.29, 1.82) is 10.5 Å². The third-order valence-corrected chi connectivity index (χ3v) is 9.08. The number of sulfonamides is 1. The van der Waals surface area contributed by atoms with Crippen molar-refractivity contribution < 1.29 is 40.4 Å². The molecule has 0 saturated heterocycles. The van der Waals surface area contributed by atoms with Crippen LogP contribution in [0.3, 0.4) is 0 Å². The van der Waals surface area contributed by atoms with E-state index < -0.39 is 58.1 Å². The number of carbonyl (C=O) groups is 3. The monoisotopic (exact) mass is 675 g/mol. The van der Waals surface area contributed by atoms with Crippen LogP contribution in [0.15, 0.2) is 111 Å². The SMILES string of the molecule is CC1=C(C(=O)c2ccco2)C(c2ccc(C#N)cc2)N(CC(=O)NS(=O)(=O)c2ccc(C#N)cc2)C(=O)N1C1C=C(C(F)(F)F)C=CC1. The minimum atomic E-state index is -4.75. The van der Waals surface area contributed by atoms with Gasteiger partial charge in [-0.1, -0.05) is 24.3 Å². The second kappa shape index (κ2) is 13.1. The smallest absolute Gasteiger partial charge is 0.416 e. The Labute approximate surface area is 272 Å². The van der Waals surface area contributed by atoms with E-state index in [1.807, 2.05) is 16.9 Å². The van der Waals surface area contributed by atoms with Crippen LogP contribution in [-0.4, -0.2) is 54.7 Å². The van der Waals surface area contributed by atoms with Gasteiger partial charge in [0.2, 0.25) is 5.78 Å². The summed E-state index contributed by atoms with van der Waals surface area (Å²) < 4.78 is 74.5. The number of rotatable bonds is 8. The Morgan fingerprint density at radius 2 is 1.65 bits per heavy atom. The fourth-order valence-corrected chi connectivity index (χ4v) is 6.46. The van der Waals surface area contributed by atoms with Crippen LogP contribution in [0.25, 0.3) is 0 Å². The van der Waals surface area contributed by atoms with Crippen LogP contribution >= 0.6 is 0 Å². The molecule has 15 heteroatoms. The first-order chi connectivity index (χ1) is 22.7. The normalized spacial score (nSPS) is 18.2. The minimum Gasteiger partial charge on any atom is -0.461 e. The van der Waals surface area contributed by atoms with Gasteiger partial charge in [-0.15, -0.1) is 0 Å². The number of nitrogens with zero attached hydrogens (tertiary/aromatic N) is 4. The molecule has 0 bridgehead atoms. The van der Waals surface area contributed by atoms with E-state index >= 15 is 0 Å². The number of allylic oxidation sites excluding steroid dienone is 3. The van der Waals surface area contributed by atoms with Crippen molar-refractivity contribution >= 4 is 27.7 Å². The molecule has 244 valence electrons. The van der Waals surface area contributed by atoms with Gasteiger partial charge in [-0.05, 0) is 73.5 Å². The number of alkyl halides is 3. The molecule has 48 heavy (non-hydrogen) atoms. The van der Waals surface area contributed by atoms with Crippen LogP contribution in [0.5, 0.6) is 0 Å². The molecule has 2 unspecified atom stereocenters. The lowest BCUT2D eigenvalue weighted by Crippen LogP contribution is -2.56. The first-order valence-electron chi connectivity index (χ1n) is 14.2. The quantitative estimate of drug-likeness (QED) is 0.315. The molecule has 1 aromatic heterocycles. The van der Waals surface area contributed by atoms with E-state index in [0.717, 1.165) is 34.1 Å². The van der Waals surface area contributed by atoms with Crippen molar-refractivity contribution in [2.45, 2.75) is 36.5 Å². The topological polar surface area (TPSA) is 165 Å². The molecule has 1 aliphatic carbocycles. The average molecular weight is 676 g/mol. The number of nitriles is 2. The number of amides is 3. The molecule has 3 aromatic rings. The highest BCUT2D eigenvalue weighted by molar-refractivity contribution is 7.90. The standard InChI is InChI=1S/C33H24F3N5O6S/c1-20-29(31(43)27-6-3-15-47-27)30(23-11-7-21(17-37)8-12-23)40(32(44)41(20)25-5-2-4-24(16-25)33(34,35)36)19-28(42)39-48(45,46)26-13-9-22(18-38)10-14-26/h2-4,6-16,25,30H,5,19H2,1H3,(H,39,42). The highest BCUT2D eigenvalue weighted by Gasteiger charge is 2.46. The molecule has 5 rings (SSSR count). The third kappa shape index (κ3) is 6.63. The Morgan fingerprint density at radius 1 is 1.02 bits per heavy atom. The molecule has 2 atom stereocenters. The number of benzene rings is 2. The molecule has 11 nitrogen and oxygen atoms in total. The van der Waals surface area contributed by atoms with Gasteiger partial charge in [-0.3, -0.25) is 14.5 Å². The van der Waals surface area contributed by atoms with E-state index in [4.69, 9.17) is 9.68 Å². The number of urea groups is 1. The van der Waals surface area contributed by atoms with E-state index in [2.05, 4.69) is 0 Å². The van der Waals surface area contributed by atoms with Crippen LogP contribution in [0, 0.1) is 22.7 Å². The van der Waals surface area contributed by atoms with E-state index in [9.17, 15) is 41.2 Å². The second-order valence-electron chi connectivity index (χ2n) is 10.7. The van der Waals surface area contributed by atoms with Gasteiger partial charge < -0.3 is 9.32 Å². The van der Waals surface area contributed by atoms with Crippen molar-refractivity contribution in [3.63, 3.8) is 0 Å². The predicted octanol–water partition coefficient (Wildman–Crippen LogP) is 5.28. The number of halogens is 3. The first kappa shape index (κ1) is 33.4. The Balaban J connectivity index is 1.63. The molecular formula is C33H24F3N5O6S. The summed E-state index contributed by atoms with van der Waals surface area (Å²) in [7, 11) is -4.51. The van der Waals surface area contributed by atoms with Gasteiger partial charge in [0.15, 0.2) is 5.76 Å². The Morgan fingerprint density at radius 3 is 2.21 bits per heavy atom. The van der Waals surface area contributed by atoms with Crippen LogP contribution in [0.4, 0.5) is 18.0 Å². The van der Waals surface area contributed by atoms with E-state index in [0.29, 0.717) is 0 Å². The van der Waals surface area contributed by atoms with Gasteiger partial charge >= 0.3 is 12.2 Å². The summed E-state index contributed by atoms with van der Waals surface area (Å²) in [6.45, 7) is 0.424. The molecule has 1 N–H and O–H groups in total.